The molecule has 2 aromatic heterocycles. The molecule has 2 N–H and O–H groups in total. The van der Waals surface area contributed by atoms with E-state index in [1.807, 2.05) is 0 Å². The van der Waals surface area contributed by atoms with E-state index in [9.17, 15) is 9.59 Å². The highest BCUT2D eigenvalue weighted by Gasteiger charge is 2.08. The Hall–Kier alpha value is -2.22. The molecule has 0 aliphatic carbocycles. The third-order valence-electron chi connectivity index (χ3n) is 3.17. The lowest BCUT2D eigenvalue weighted by molar-refractivity contribution is 0.582. The van der Waals surface area contributed by atoms with Gasteiger partial charge in [-0.25, -0.2) is 9.48 Å². The second-order valence-corrected chi connectivity index (χ2v) is 4.67. The molecule has 0 aliphatic rings. The zero-order chi connectivity index (χ0) is 14.7. The van der Waals surface area contributed by atoms with Crippen molar-refractivity contribution in [1.82, 2.24) is 24.1 Å². The van der Waals surface area contributed by atoms with Crippen LogP contribution >= 0.6 is 0 Å². The van der Waals surface area contributed by atoms with Gasteiger partial charge in [-0.3, -0.25) is 13.9 Å². The van der Waals surface area contributed by atoms with Crippen molar-refractivity contribution in [3.05, 3.63) is 44.5 Å². The van der Waals surface area contributed by atoms with E-state index in [0.717, 1.165) is 23.1 Å². The Bertz CT molecular complexity index is 711. The number of nitrogens with two attached hydrogens (primary N) is 1. The molecular weight excluding hydrogens is 260 g/mol. The summed E-state index contributed by atoms with van der Waals surface area (Å²) in [5.41, 5.74) is 6.21. The molecule has 8 nitrogen and oxygen atoms in total. The first-order valence-corrected chi connectivity index (χ1v) is 6.38. The second kappa shape index (κ2) is 5.83. The lowest BCUT2D eigenvalue weighted by atomic mass is 10.2. The van der Waals surface area contributed by atoms with Gasteiger partial charge in [-0.2, -0.15) is 0 Å². The summed E-state index contributed by atoms with van der Waals surface area (Å²) in [4.78, 5) is 23.5. The van der Waals surface area contributed by atoms with Crippen LogP contribution in [0.2, 0.25) is 0 Å². The average Bonchev–Trinajstić information content (AvgIpc) is 2.87. The van der Waals surface area contributed by atoms with E-state index >= 15 is 0 Å². The van der Waals surface area contributed by atoms with Crippen LogP contribution in [0.15, 0.2) is 21.9 Å². The monoisotopic (exact) mass is 278 g/mol. The Labute approximate surface area is 115 Å². The molecule has 0 amide bonds. The average molecular weight is 278 g/mol. The first-order valence-electron chi connectivity index (χ1n) is 6.38. The molecule has 0 radical (unpaired) electrons. The molecule has 2 rings (SSSR count). The molecule has 0 spiro atoms. The molecule has 0 bridgehead atoms. The Kier molecular flexibility index (Phi) is 4.14. The van der Waals surface area contributed by atoms with Crippen molar-refractivity contribution in [3.63, 3.8) is 0 Å². The van der Waals surface area contributed by atoms with Crippen molar-refractivity contribution in [3.8, 4) is 0 Å². The minimum atomic E-state index is -0.351. The van der Waals surface area contributed by atoms with Crippen LogP contribution in [-0.2, 0) is 27.1 Å². The number of hydrogen-bond donors (Lipinski definition) is 1. The van der Waals surface area contributed by atoms with Crippen molar-refractivity contribution in [1.29, 1.82) is 0 Å². The predicted molar refractivity (Wildman–Crippen MR) is 73.4 cm³/mol. The molecule has 108 valence electrons. The summed E-state index contributed by atoms with van der Waals surface area (Å²) in [6, 6.07) is 1.43. The van der Waals surface area contributed by atoms with Gasteiger partial charge in [0.1, 0.15) is 0 Å². The SMILES string of the molecule is Cn1c(Cn2cc(CCCN)nn2)cc(=O)n(C)c1=O. The Balaban J connectivity index is 2.24. The standard InChI is InChI=1S/C12H18N6O2/c1-16-10(6-11(19)17(2)12(16)20)8-18-7-9(14-15-18)4-3-5-13/h6-7H,3-5,8,13H2,1-2H3. The van der Waals surface area contributed by atoms with Crippen LogP contribution in [0.1, 0.15) is 17.8 Å². The van der Waals surface area contributed by atoms with Crippen molar-refractivity contribution in [2.24, 2.45) is 19.8 Å². The van der Waals surface area contributed by atoms with Gasteiger partial charge in [0.15, 0.2) is 0 Å². The lowest BCUT2D eigenvalue weighted by Crippen LogP contribution is -2.38. The summed E-state index contributed by atoms with van der Waals surface area (Å²) in [6.45, 7) is 0.938. The van der Waals surface area contributed by atoms with E-state index in [0.29, 0.717) is 18.8 Å². The molecule has 0 saturated carbocycles. The van der Waals surface area contributed by atoms with Gasteiger partial charge in [0.05, 0.1) is 12.2 Å². The molecule has 2 heterocycles. The van der Waals surface area contributed by atoms with Crippen LogP contribution < -0.4 is 17.0 Å². The number of hydrogen-bond acceptors (Lipinski definition) is 5. The molecule has 0 aromatic carbocycles. The quantitative estimate of drug-likeness (QED) is 0.726. The normalized spacial score (nSPS) is 10.9. The number of nitrogens with zero attached hydrogens (tertiary/aromatic N) is 5. The molecule has 20 heavy (non-hydrogen) atoms. The highest BCUT2D eigenvalue weighted by Crippen LogP contribution is 2.00. The third kappa shape index (κ3) is 2.85. The van der Waals surface area contributed by atoms with E-state index in [-0.39, 0.29) is 11.2 Å². The Morgan fingerprint density at radius 1 is 1.25 bits per heavy atom. The Morgan fingerprint density at radius 2 is 2.00 bits per heavy atom. The molecule has 0 unspecified atom stereocenters. The smallest absolute Gasteiger partial charge is 0.330 e. The number of aromatic nitrogens is 5. The fourth-order valence-corrected chi connectivity index (χ4v) is 1.91. The van der Waals surface area contributed by atoms with Crippen LogP contribution in [-0.4, -0.2) is 30.7 Å². The topological polar surface area (TPSA) is 101 Å². The highest BCUT2D eigenvalue weighted by atomic mass is 16.2. The van der Waals surface area contributed by atoms with Gasteiger partial charge in [-0.1, -0.05) is 5.21 Å². The summed E-state index contributed by atoms with van der Waals surface area (Å²) in [6.07, 6.45) is 3.42. The fourth-order valence-electron chi connectivity index (χ4n) is 1.91. The number of rotatable bonds is 5. The maximum atomic E-state index is 11.8. The van der Waals surface area contributed by atoms with E-state index < -0.39 is 0 Å². The van der Waals surface area contributed by atoms with Gasteiger partial charge in [-0.15, -0.1) is 5.10 Å². The van der Waals surface area contributed by atoms with Crippen LogP contribution in [0.3, 0.4) is 0 Å². The molecule has 0 saturated heterocycles. The summed E-state index contributed by atoms with van der Waals surface area (Å²) < 4.78 is 4.11. The summed E-state index contributed by atoms with van der Waals surface area (Å²) in [7, 11) is 3.08. The molecule has 0 aliphatic heterocycles. The third-order valence-corrected chi connectivity index (χ3v) is 3.17. The summed E-state index contributed by atoms with van der Waals surface area (Å²) in [5, 5.41) is 8.02. The number of aryl methyl sites for hydroxylation is 1. The minimum Gasteiger partial charge on any atom is -0.330 e. The highest BCUT2D eigenvalue weighted by molar-refractivity contribution is 5.03. The van der Waals surface area contributed by atoms with Gasteiger partial charge in [0.25, 0.3) is 5.56 Å². The molecular formula is C12H18N6O2. The van der Waals surface area contributed by atoms with Crippen molar-refractivity contribution >= 4 is 0 Å². The fraction of sp³-hybridized carbons (Fsp3) is 0.500. The molecule has 8 heteroatoms. The molecule has 0 atom stereocenters. The summed E-state index contributed by atoms with van der Waals surface area (Å²) >= 11 is 0. The van der Waals surface area contributed by atoms with Crippen molar-refractivity contribution < 1.29 is 0 Å². The first-order chi connectivity index (χ1) is 9.52. The van der Waals surface area contributed by atoms with Crippen molar-refractivity contribution in [2.45, 2.75) is 19.4 Å². The van der Waals surface area contributed by atoms with Gasteiger partial charge in [0, 0.05) is 32.1 Å². The lowest BCUT2D eigenvalue weighted by Gasteiger charge is -2.08. The van der Waals surface area contributed by atoms with E-state index in [4.69, 9.17) is 5.73 Å². The van der Waals surface area contributed by atoms with Crippen LogP contribution in [0.5, 0.6) is 0 Å². The van der Waals surface area contributed by atoms with Gasteiger partial charge in [0.2, 0.25) is 0 Å². The van der Waals surface area contributed by atoms with E-state index in [1.54, 1.807) is 17.9 Å². The first kappa shape index (κ1) is 14.2. The second-order valence-electron chi connectivity index (χ2n) is 4.67. The maximum absolute atomic E-state index is 11.8. The van der Waals surface area contributed by atoms with Gasteiger partial charge >= 0.3 is 5.69 Å². The molecule has 0 fully saturated rings. The maximum Gasteiger partial charge on any atom is 0.330 e. The van der Waals surface area contributed by atoms with Crippen LogP contribution in [0.4, 0.5) is 0 Å². The largest absolute Gasteiger partial charge is 0.330 e. The van der Waals surface area contributed by atoms with Gasteiger partial charge < -0.3 is 5.73 Å². The van der Waals surface area contributed by atoms with Crippen LogP contribution in [0.25, 0.3) is 0 Å². The zero-order valence-electron chi connectivity index (χ0n) is 11.6. The van der Waals surface area contributed by atoms with Crippen LogP contribution in [0, 0.1) is 0 Å². The van der Waals surface area contributed by atoms with E-state index in [1.165, 1.54) is 17.7 Å². The minimum absolute atomic E-state index is 0.327. The Morgan fingerprint density at radius 3 is 2.70 bits per heavy atom. The van der Waals surface area contributed by atoms with E-state index in [2.05, 4.69) is 10.3 Å². The van der Waals surface area contributed by atoms with Gasteiger partial charge in [-0.05, 0) is 19.4 Å². The summed E-state index contributed by atoms with van der Waals surface area (Å²) in [5.74, 6) is 0. The molecule has 2 aromatic rings. The zero-order valence-corrected chi connectivity index (χ0v) is 11.6. The predicted octanol–water partition coefficient (Wildman–Crippen LogP) is -1.38. The van der Waals surface area contributed by atoms with Crippen molar-refractivity contribution in [2.75, 3.05) is 6.54 Å².